The number of ether oxygens (including phenoxy) is 2. The maximum absolute atomic E-state index is 11.3. The summed E-state index contributed by atoms with van der Waals surface area (Å²) in [7, 11) is 1.39. The lowest BCUT2D eigenvalue weighted by atomic mass is 9.99. The fourth-order valence-electron chi connectivity index (χ4n) is 1.92. The molecule has 1 atom stereocenters. The van der Waals surface area contributed by atoms with Gasteiger partial charge in [0.2, 0.25) is 0 Å². The molecule has 0 spiro atoms. The van der Waals surface area contributed by atoms with Gasteiger partial charge in [-0.3, -0.25) is 9.69 Å². The number of nitrogens with zero attached hydrogens (tertiary/aromatic N) is 1. The van der Waals surface area contributed by atoms with E-state index in [9.17, 15) is 4.79 Å². The average molecular weight is 225 g/mol. The van der Waals surface area contributed by atoms with Crippen molar-refractivity contribution in [3.8, 4) is 12.3 Å². The molecule has 1 unspecified atom stereocenters. The number of rotatable bonds is 3. The van der Waals surface area contributed by atoms with Gasteiger partial charge in [0.05, 0.1) is 32.3 Å². The molecule has 0 aliphatic carbocycles. The summed E-state index contributed by atoms with van der Waals surface area (Å²) in [4.78, 5) is 13.4. The molecule has 4 nitrogen and oxygen atoms in total. The van der Waals surface area contributed by atoms with Gasteiger partial charge in [0, 0.05) is 12.6 Å². The highest BCUT2D eigenvalue weighted by molar-refractivity contribution is 5.70. The Kier molecular flexibility index (Phi) is 4.34. The molecule has 1 aliphatic rings. The van der Waals surface area contributed by atoms with E-state index in [1.807, 2.05) is 13.8 Å². The van der Waals surface area contributed by atoms with Crippen molar-refractivity contribution < 1.29 is 14.3 Å². The van der Waals surface area contributed by atoms with Crippen LogP contribution >= 0.6 is 0 Å². The van der Waals surface area contributed by atoms with Gasteiger partial charge >= 0.3 is 5.97 Å². The van der Waals surface area contributed by atoms with Crippen LogP contribution in [0, 0.1) is 12.3 Å². The predicted molar refractivity (Wildman–Crippen MR) is 60.9 cm³/mol. The van der Waals surface area contributed by atoms with Crippen LogP contribution in [0.5, 0.6) is 0 Å². The van der Waals surface area contributed by atoms with Crippen molar-refractivity contribution in [3.63, 3.8) is 0 Å². The predicted octanol–water partition coefficient (Wildman–Crippen LogP) is 0.662. The molecule has 1 heterocycles. The van der Waals surface area contributed by atoms with Gasteiger partial charge < -0.3 is 9.47 Å². The summed E-state index contributed by atoms with van der Waals surface area (Å²) in [6.07, 6.45) is 5.84. The van der Waals surface area contributed by atoms with Crippen LogP contribution in [-0.4, -0.2) is 49.3 Å². The Morgan fingerprint density at radius 3 is 2.94 bits per heavy atom. The molecule has 0 saturated carbocycles. The minimum absolute atomic E-state index is 0.00671. The maximum atomic E-state index is 11.3. The van der Waals surface area contributed by atoms with E-state index in [-0.39, 0.29) is 17.6 Å². The van der Waals surface area contributed by atoms with Crippen LogP contribution in [0.1, 0.15) is 20.3 Å². The second-order valence-corrected chi connectivity index (χ2v) is 4.41. The Hall–Kier alpha value is -1.05. The van der Waals surface area contributed by atoms with Crippen LogP contribution in [0.4, 0.5) is 0 Å². The molecule has 1 aliphatic heterocycles. The van der Waals surface area contributed by atoms with Gasteiger partial charge in [-0.15, -0.1) is 6.42 Å². The van der Waals surface area contributed by atoms with Crippen LogP contribution in [-0.2, 0) is 14.3 Å². The Labute approximate surface area is 96.9 Å². The summed E-state index contributed by atoms with van der Waals surface area (Å²) in [6.45, 7) is 5.88. The maximum Gasteiger partial charge on any atom is 0.307 e. The van der Waals surface area contributed by atoms with E-state index in [4.69, 9.17) is 11.2 Å². The third-order valence-corrected chi connectivity index (χ3v) is 2.93. The monoisotopic (exact) mass is 225 g/mol. The molecule has 1 fully saturated rings. The van der Waals surface area contributed by atoms with Crippen LogP contribution in [0.3, 0.4) is 0 Å². The van der Waals surface area contributed by atoms with E-state index in [0.29, 0.717) is 19.6 Å². The number of terminal acetylenes is 1. The number of methoxy groups -OCH3 is 1. The lowest BCUT2D eigenvalue weighted by Crippen LogP contribution is -2.55. The van der Waals surface area contributed by atoms with Gasteiger partial charge in [-0.1, -0.05) is 5.92 Å². The largest absolute Gasteiger partial charge is 0.469 e. The zero-order chi connectivity index (χ0) is 12.2. The molecule has 0 bridgehead atoms. The zero-order valence-corrected chi connectivity index (χ0v) is 10.2. The van der Waals surface area contributed by atoms with Crippen molar-refractivity contribution in [2.75, 3.05) is 26.9 Å². The highest BCUT2D eigenvalue weighted by Gasteiger charge is 2.34. The van der Waals surface area contributed by atoms with Gasteiger partial charge in [-0.2, -0.15) is 0 Å². The second-order valence-electron chi connectivity index (χ2n) is 4.41. The topological polar surface area (TPSA) is 38.8 Å². The molecule has 1 saturated heterocycles. The molecule has 0 aromatic carbocycles. The Balaban J connectivity index is 2.72. The molecule has 90 valence electrons. The second kappa shape index (κ2) is 5.33. The summed E-state index contributed by atoms with van der Waals surface area (Å²) in [5.74, 6) is 2.52. The summed E-state index contributed by atoms with van der Waals surface area (Å²) in [5, 5.41) is 0. The zero-order valence-electron chi connectivity index (χ0n) is 10.2. The van der Waals surface area contributed by atoms with E-state index in [0.717, 1.165) is 6.54 Å². The number of hydrogen-bond acceptors (Lipinski definition) is 4. The van der Waals surface area contributed by atoms with Crippen LogP contribution < -0.4 is 0 Å². The van der Waals surface area contributed by atoms with Crippen molar-refractivity contribution in [3.05, 3.63) is 0 Å². The summed E-state index contributed by atoms with van der Waals surface area (Å²) in [5.41, 5.74) is -0.359. The van der Waals surface area contributed by atoms with E-state index >= 15 is 0 Å². The molecule has 0 aromatic heterocycles. The third-order valence-electron chi connectivity index (χ3n) is 2.93. The molecule has 16 heavy (non-hydrogen) atoms. The van der Waals surface area contributed by atoms with Gasteiger partial charge in [-0.25, -0.2) is 0 Å². The van der Waals surface area contributed by atoms with E-state index in [2.05, 4.69) is 15.6 Å². The van der Waals surface area contributed by atoms with Crippen molar-refractivity contribution in [2.45, 2.75) is 31.8 Å². The lowest BCUT2D eigenvalue weighted by Gasteiger charge is -2.43. The molecule has 4 heteroatoms. The first kappa shape index (κ1) is 13.0. The summed E-state index contributed by atoms with van der Waals surface area (Å²) >= 11 is 0. The van der Waals surface area contributed by atoms with Crippen LogP contribution in [0.15, 0.2) is 0 Å². The summed E-state index contributed by atoms with van der Waals surface area (Å²) < 4.78 is 10.1. The van der Waals surface area contributed by atoms with Crippen LogP contribution in [0.2, 0.25) is 0 Å². The van der Waals surface area contributed by atoms with Crippen molar-refractivity contribution >= 4 is 5.97 Å². The van der Waals surface area contributed by atoms with Gasteiger partial charge in [-0.05, 0) is 13.8 Å². The van der Waals surface area contributed by atoms with Gasteiger partial charge in [0.25, 0.3) is 0 Å². The van der Waals surface area contributed by atoms with Crippen molar-refractivity contribution in [1.82, 2.24) is 4.90 Å². The van der Waals surface area contributed by atoms with Gasteiger partial charge in [0.15, 0.2) is 0 Å². The summed E-state index contributed by atoms with van der Waals surface area (Å²) in [6, 6.07) is 0.00671. The molecule has 0 aromatic rings. The number of morpholine rings is 1. The number of esters is 1. The first-order valence-electron chi connectivity index (χ1n) is 5.40. The molecular formula is C12H19NO3. The number of hydrogen-bond donors (Lipinski definition) is 0. The highest BCUT2D eigenvalue weighted by atomic mass is 16.5. The Morgan fingerprint density at radius 2 is 2.38 bits per heavy atom. The fraction of sp³-hybridized carbons (Fsp3) is 0.750. The minimum Gasteiger partial charge on any atom is -0.469 e. The SMILES string of the molecule is C#CC(C)(C)N1CCOCC1CC(=O)OC. The number of carbonyl (C=O) groups excluding carboxylic acids is 1. The normalized spacial score (nSPS) is 22.5. The van der Waals surface area contributed by atoms with Crippen molar-refractivity contribution in [2.24, 2.45) is 0 Å². The smallest absolute Gasteiger partial charge is 0.307 e. The average Bonchev–Trinajstić information content (AvgIpc) is 2.29. The van der Waals surface area contributed by atoms with E-state index < -0.39 is 0 Å². The highest BCUT2D eigenvalue weighted by Crippen LogP contribution is 2.22. The standard InChI is InChI=1S/C12H19NO3/c1-5-12(2,3)13-6-7-16-9-10(13)8-11(14)15-4/h1,10H,6-9H2,2-4H3. The fourth-order valence-corrected chi connectivity index (χ4v) is 1.92. The molecule has 0 amide bonds. The molecule has 0 N–H and O–H groups in total. The lowest BCUT2D eigenvalue weighted by molar-refractivity contribution is -0.144. The quantitative estimate of drug-likeness (QED) is 0.522. The van der Waals surface area contributed by atoms with Crippen molar-refractivity contribution in [1.29, 1.82) is 0 Å². The molecular weight excluding hydrogens is 206 g/mol. The van der Waals surface area contributed by atoms with Gasteiger partial charge in [0.1, 0.15) is 0 Å². The Bertz CT molecular complexity index is 293. The van der Waals surface area contributed by atoms with Crippen LogP contribution in [0.25, 0.3) is 0 Å². The van der Waals surface area contributed by atoms with E-state index in [1.54, 1.807) is 0 Å². The third kappa shape index (κ3) is 2.97. The number of carbonyl (C=O) groups is 1. The minimum atomic E-state index is -0.359. The molecule has 0 radical (unpaired) electrons. The van der Waals surface area contributed by atoms with E-state index in [1.165, 1.54) is 7.11 Å². The molecule has 1 rings (SSSR count). The first-order valence-corrected chi connectivity index (χ1v) is 5.40. The first-order chi connectivity index (χ1) is 7.51. The Morgan fingerprint density at radius 1 is 1.69 bits per heavy atom.